The van der Waals surface area contributed by atoms with Crippen molar-refractivity contribution < 1.29 is 14.3 Å². The summed E-state index contributed by atoms with van der Waals surface area (Å²) in [5.74, 6) is -0.669. The highest BCUT2D eigenvalue weighted by Gasteiger charge is 2.18. The Kier molecular flexibility index (Phi) is 6.99. The maximum absolute atomic E-state index is 12.3. The molecule has 0 fully saturated rings. The number of fused-ring (bicyclic) bond motifs is 1. The van der Waals surface area contributed by atoms with Gasteiger partial charge in [-0.05, 0) is 63.8 Å². The molecule has 1 atom stereocenters. The van der Waals surface area contributed by atoms with Gasteiger partial charge < -0.3 is 10.1 Å². The second-order valence-corrected chi connectivity index (χ2v) is 8.34. The van der Waals surface area contributed by atoms with Crippen molar-refractivity contribution in [3.63, 3.8) is 0 Å². The van der Waals surface area contributed by atoms with Crippen LogP contribution in [0, 0.1) is 13.8 Å². The number of nitrogens with zero attached hydrogens (tertiary/aromatic N) is 1. The molecule has 2 aromatic carbocycles. The number of aromatic nitrogens is 1. The lowest BCUT2D eigenvalue weighted by Gasteiger charge is -2.15. The molecule has 5 nitrogen and oxygen atoms in total. The van der Waals surface area contributed by atoms with E-state index >= 15 is 0 Å². The van der Waals surface area contributed by atoms with Crippen LogP contribution in [0.2, 0.25) is 0 Å². The average molecular weight is 411 g/mol. The molecule has 0 saturated carbocycles. The van der Waals surface area contributed by atoms with Crippen molar-refractivity contribution in [3.05, 3.63) is 58.6 Å². The Labute approximate surface area is 175 Å². The first-order valence-corrected chi connectivity index (χ1v) is 10.7. The van der Waals surface area contributed by atoms with Crippen molar-refractivity contribution in [2.75, 3.05) is 5.32 Å². The molecule has 0 radical (unpaired) electrons. The first kappa shape index (κ1) is 21.0. The Morgan fingerprint density at radius 1 is 1.14 bits per heavy atom. The molecule has 1 N–H and O–H groups in total. The highest BCUT2D eigenvalue weighted by molar-refractivity contribution is 7.18. The summed E-state index contributed by atoms with van der Waals surface area (Å²) >= 11 is 1.69. The number of thiazole rings is 1. The molecule has 0 aliphatic rings. The van der Waals surface area contributed by atoms with E-state index in [9.17, 15) is 9.59 Å². The topological polar surface area (TPSA) is 68.3 Å². The molecule has 0 aliphatic heterocycles. The highest BCUT2D eigenvalue weighted by atomic mass is 32.1. The van der Waals surface area contributed by atoms with Crippen LogP contribution in [0.15, 0.2) is 42.5 Å². The van der Waals surface area contributed by atoms with Crippen LogP contribution in [0.25, 0.3) is 10.2 Å². The molecule has 6 heteroatoms. The Morgan fingerprint density at radius 2 is 1.93 bits per heavy atom. The molecule has 1 amide bonds. The molecular formula is C23H26N2O3S. The van der Waals surface area contributed by atoms with Gasteiger partial charge in [-0.15, -0.1) is 11.3 Å². The third-order valence-corrected chi connectivity index (χ3v) is 5.77. The summed E-state index contributed by atoms with van der Waals surface area (Å²) in [5.41, 5.74) is 3.87. The number of carbonyl (C=O) groups excluding carboxylic acids is 2. The molecule has 0 aliphatic carbocycles. The van der Waals surface area contributed by atoms with Gasteiger partial charge in [0.1, 0.15) is 0 Å². The van der Waals surface area contributed by atoms with Gasteiger partial charge in [0, 0.05) is 12.1 Å². The van der Waals surface area contributed by atoms with Crippen LogP contribution < -0.4 is 5.32 Å². The number of nitrogens with one attached hydrogen (secondary N) is 1. The van der Waals surface area contributed by atoms with Crippen LogP contribution in [0.4, 0.5) is 5.69 Å². The monoisotopic (exact) mass is 410 g/mol. The van der Waals surface area contributed by atoms with Gasteiger partial charge in [0.15, 0.2) is 6.10 Å². The molecule has 3 rings (SSSR count). The predicted octanol–water partition coefficient (Wildman–Crippen LogP) is 5.20. The normalized spacial score (nSPS) is 12.0. The third kappa shape index (κ3) is 5.87. The van der Waals surface area contributed by atoms with Crippen LogP contribution in [-0.4, -0.2) is 23.0 Å². The number of hydrogen-bond acceptors (Lipinski definition) is 5. The van der Waals surface area contributed by atoms with Gasteiger partial charge in [0.05, 0.1) is 15.2 Å². The fourth-order valence-electron chi connectivity index (χ4n) is 3.07. The number of para-hydroxylation sites is 1. The molecule has 0 unspecified atom stereocenters. The lowest BCUT2D eigenvalue weighted by Crippen LogP contribution is -2.30. The Morgan fingerprint density at radius 3 is 2.69 bits per heavy atom. The number of rotatable bonds is 8. The van der Waals surface area contributed by atoms with Crippen LogP contribution in [0.1, 0.15) is 42.3 Å². The number of unbranched alkanes of at least 4 members (excludes halogenated alkanes) is 1. The van der Waals surface area contributed by atoms with Crippen molar-refractivity contribution in [1.82, 2.24) is 4.98 Å². The standard InChI is InChI=1S/C23H26N2O3S/c1-15-12-13-18(16(2)14-15)25-23(27)17(3)28-22(26)11-7-6-10-21-24-19-8-4-5-9-20(19)29-21/h4-5,8-9,12-14,17H,6-7,10-11H2,1-3H3,(H,25,27)/t17-/m0/s1. The van der Waals surface area contributed by atoms with Gasteiger partial charge in [-0.2, -0.15) is 0 Å². The van der Waals surface area contributed by atoms with Gasteiger partial charge in [-0.1, -0.05) is 29.8 Å². The summed E-state index contributed by atoms with van der Waals surface area (Å²) in [4.78, 5) is 29.0. The van der Waals surface area contributed by atoms with E-state index in [1.807, 2.05) is 50.2 Å². The summed E-state index contributed by atoms with van der Waals surface area (Å²) in [5, 5.41) is 3.91. The van der Waals surface area contributed by atoms with Crippen molar-refractivity contribution >= 4 is 39.1 Å². The molecular weight excluding hydrogens is 384 g/mol. The molecule has 152 valence electrons. The number of hydrogen-bond donors (Lipinski definition) is 1. The average Bonchev–Trinajstić information content (AvgIpc) is 3.10. The largest absolute Gasteiger partial charge is 0.453 e. The molecule has 1 aromatic heterocycles. The van der Waals surface area contributed by atoms with Crippen molar-refractivity contribution in [1.29, 1.82) is 0 Å². The fraction of sp³-hybridized carbons (Fsp3) is 0.348. The number of carbonyl (C=O) groups is 2. The Hall–Kier alpha value is -2.73. The minimum atomic E-state index is -0.826. The van der Waals surface area contributed by atoms with E-state index in [-0.39, 0.29) is 11.9 Å². The second-order valence-electron chi connectivity index (χ2n) is 7.22. The van der Waals surface area contributed by atoms with Gasteiger partial charge in [0.2, 0.25) is 0 Å². The minimum Gasteiger partial charge on any atom is -0.453 e. The van der Waals surface area contributed by atoms with Crippen molar-refractivity contribution in [3.8, 4) is 0 Å². The van der Waals surface area contributed by atoms with Gasteiger partial charge in [-0.25, -0.2) is 4.98 Å². The van der Waals surface area contributed by atoms with E-state index in [2.05, 4.69) is 16.4 Å². The molecule has 3 aromatic rings. The summed E-state index contributed by atoms with van der Waals surface area (Å²) < 4.78 is 6.47. The summed E-state index contributed by atoms with van der Waals surface area (Å²) in [6, 6.07) is 13.9. The van der Waals surface area contributed by atoms with Gasteiger partial charge >= 0.3 is 5.97 Å². The summed E-state index contributed by atoms with van der Waals surface area (Å²) in [6.07, 6.45) is 1.88. The van der Waals surface area contributed by atoms with Gasteiger partial charge in [0.25, 0.3) is 5.91 Å². The van der Waals surface area contributed by atoms with E-state index < -0.39 is 6.10 Å². The molecule has 0 bridgehead atoms. The number of aryl methyl sites for hydroxylation is 3. The SMILES string of the molecule is Cc1ccc(NC(=O)[C@H](C)OC(=O)CCCCc2nc3ccccc3s2)c(C)c1. The predicted molar refractivity (Wildman–Crippen MR) is 117 cm³/mol. The maximum Gasteiger partial charge on any atom is 0.306 e. The first-order valence-electron chi connectivity index (χ1n) is 9.84. The first-order chi connectivity index (χ1) is 13.9. The minimum absolute atomic E-state index is 0.298. The number of ether oxygens (including phenoxy) is 1. The molecule has 29 heavy (non-hydrogen) atoms. The van der Waals surface area contributed by atoms with Crippen LogP contribution >= 0.6 is 11.3 Å². The van der Waals surface area contributed by atoms with E-state index in [1.54, 1.807) is 18.3 Å². The quantitative estimate of drug-likeness (QED) is 0.409. The van der Waals surface area contributed by atoms with E-state index in [4.69, 9.17) is 4.74 Å². The smallest absolute Gasteiger partial charge is 0.306 e. The number of esters is 1. The van der Waals surface area contributed by atoms with Crippen LogP contribution in [0.5, 0.6) is 0 Å². The Balaban J connectivity index is 1.39. The van der Waals surface area contributed by atoms with E-state index in [1.165, 1.54) is 4.70 Å². The van der Waals surface area contributed by atoms with Crippen molar-refractivity contribution in [2.45, 2.75) is 52.6 Å². The fourth-order valence-corrected chi connectivity index (χ4v) is 4.08. The molecule has 0 spiro atoms. The van der Waals surface area contributed by atoms with Crippen LogP contribution in [0.3, 0.4) is 0 Å². The number of anilines is 1. The van der Waals surface area contributed by atoms with E-state index in [0.717, 1.165) is 40.2 Å². The zero-order chi connectivity index (χ0) is 20.8. The summed E-state index contributed by atoms with van der Waals surface area (Å²) in [6.45, 7) is 5.53. The number of benzene rings is 2. The van der Waals surface area contributed by atoms with Crippen molar-refractivity contribution in [2.24, 2.45) is 0 Å². The lowest BCUT2D eigenvalue weighted by atomic mass is 10.1. The van der Waals surface area contributed by atoms with Gasteiger partial charge in [-0.3, -0.25) is 9.59 Å². The molecule has 1 heterocycles. The maximum atomic E-state index is 12.3. The lowest BCUT2D eigenvalue weighted by molar-refractivity contribution is -0.153. The summed E-state index contributed by atoms with van der Waals surface area (Å²) in [7, 11) is 0. The third-order valence-electron chi connectivity index (χ3n) is 4.68. The van der Waals surface area contributed by atoms with Crippen LogP contribution in [-0.2, 0) is 20.7 Å². The zero-order valence-corrected chi connectivity index (χ0v) is 17.8. The molecule has 0 saturated heterocycles. The number of amides is 1. The van der Waals surface area contributed by atoms with E-state index in [0.29, 0.717) is 12.8 Å². The zero-order valence-electron chi connectivity index (χ0n) is 17.0. The highest BCUT2D eigenvalue weighted by Crippen LogP contribution is 2.23. The second kappa shape index (κ2) is 9.65. The Bertz CT molecular complexity index is 979.